The van der Waals surface area contributed by atoms with E-state index in [0.29, 0.717) is 12.1 Å². The van der Waals surface area contributed by atoms with Gasteiger partial charge in [0.05, 0.1) is 5.54 Å². The lowest BCUT2D eigenvalue weighted by Gasteiger charge is -2.38. The van der Waals surface area contributed by atoms with Gasteiger partial charge in [-0.05, 0) is 53.6 Å². The molecule has 0 aromatic carbocycles. The van der Waals surface area contributed by atoms with Crippen molar-refractivity contribution in [1.82, 2.24) is 10.2 Å². The van der Waals surface area contributed by atoms with Crippen molar-refractivity contribution in [1.29, 1.82) is 0 Å². The highest BCUT2D eigenvalue weighted by molar-refractivity contribution is 5.84. The molecule has 0 rings (SSSR count). The van der Waals surface area contributed by atoms with E-state index in [9.17, 15) is 4.79 Å². The molecule has 0 aliphatic carbocycles. The summed E-state index contributed by atoms with van der Waals surface area (Å²) in [5.74, 6) is -0.276. The maximum Gasteiger partial charge on any atom is 0.237 e. The molecule has 0 saturated carbocycles. The van der Waals surface area contributed by atoms with Crippen LogP contribution in [0.4, 0.5) is 0 Å². The molecule has 0 spiro atoms. The highest BCUT2D eigenvalue weighted by Crippen LogP contribution is 2.19. The molecule has 1 amide bonds. The molecule has 0 bridgehead atoms. The lowest BCUT2D eigenvalue weighted by Crippen LogP contribution is -2.56. The summed E-state index contributed by atoms with van der Waals surface area (Å²) in [4.78, 5) is 14.1. The summed E-state index contributed by atoms with van der Waals surface area (Å²) in [5, 5.41) is 3.08. The minimum Gasteiger partial charge on any atom is -0.368 e. The van der Waals surface area contributed by atoms with Gasteiger partial charge in [0.25, 0.3) is 0 Å². The van der Waals surface area contributed by atoms with E-state index in [0.717, 1.165) is 19.4 Å². The highest BCUT2D eigenvalue weighted by Gasteiger charge is 2.33. The number of nitrogens with one attached hydrogen (secondary N) is 1. The Labute approximate surface area is 119 Å². The summed E-state index contributed by atoms with van der Waals surface area (Å²) in [5.41, 5.74) is 4.89. The molecule has 0 aliphatic rings. The molecule has 3 N–H and O–H groups in total. The number of hydrogen-bond donors (Lipinski definition) is 2. The minimum atomic E-state index is -0.628. The van der Waals surface area contributed by atoms with Crippen LogP contribution in [0.5, 0.6) is 0 Å². The summed E-state index contributed by atoms with van der Waals surface area (Å²) in [6, 6.07) is 0.877. The van der Waals surface area contributed by atoms with Crippen molar-refractivity contribution >= 4 is 5.91 Å². The van der Waals surface area contributed by atoms with E-state index in [-0.39, 0.29) is 5.91 Å². The van der Waals surface area contributed by atoms with Crippen LogP contribution in [-0.2, 0) is 4.79 Å². The van der Waals surface area contributed by atoms with Crippen molar-refractivity contribution in [3.8, 4) is 0 Å². The zero-order chi connectivity index (χ0) is 15.1. The normalized spacial score (nSPS) is 18.1. The van der Waals surface area contributed by atoms with Crippen LogP contribution in [0, 0.1) is 0 Å². The number of likely N-dealkylation sites (N-methyl/N-ethyl adjacent to an activating group) is 1. The Hall–Kier alpha value is -0.610. The molecule has 0 heterocycles. The van der Waals surface area contributed by atoms with E-state index >= 15 is 0 Å². The predicted octanol–water partition coefficient (Wildman–Crippen LogP) is 2.13. The molecule has 0 aliphatic heterocycles. The molecule has 0 saturated heterocycles. The van der Waals surface area contributed by atoms with Crippen molar-refractivity contribution in [3.05, 3.63) is 0 Å². The molecule has 4 nitrogen and oxygen atoms in total. The first-order valence-corrected chi connectivity index (χ1v) is 7.56. The second-order valence-electron chi connectivity index (χ2n) is 5.85. The topological polar surface area (TPSA) is 58.4 Å². The summed E-state index contributed by atoms with van der Waals surface area (Å²) >= 11 is 0. The van der Waals surface area contributed by atoms with Crippen molar-refractivity contribution in [2.24, 2.45) is 5.73 Å². The molecule has 114 valence electrons. The number of carbonyl (C=O) groups excluding carboxylic acids is 1. The van der Waals surface area contributed by atoms with E-state index in [1.54, 1.807) is 7.05 Å². The van der Waals surface area contributed by atoms with E-state index in [1.165, 1.54) is 12.8 Å². The first kappa shape index (κ1) is 18.4. The van der Waals surface area contributed by atoms with E-state index in [2.05, 4.69) is 37.9 Å². The van der Waals surface area contributed by atoms with E-state index < -0.39 is 5.54 Å². The number of carbonyl (C=O) groups is 1. The summed E-state index contributed by atoms with van der Waals surface area (Å²) in [7, 11) is 1.80. The van der Waals surface area contributed by atoms with Crippen LogP contribution in [0.1, 0.15) is 60.3 Å². The molecule has 0 aromatic heterocycles. The molecule has 3 unspecified atom stereocenters. The van der Waals surface area contributed by atoms with Crippen LogP contribution in [0.15, 0.2) is 0 Å². The number of nitrogens with zero attached hydrogens (tertiary/aromatic N) is 1. The quantitative estimate of drug-likeness (QED) is 0.640. The number of unbranched alkanes of at least 4 members (excludes halogenated alkanes) is 1. The third-order valence-electron chi connectivity index (χ3n) is 4.29. The molecular weight excluding hydrogens is 238 g/mol. The van der Waals surface area contributed by atoms with Gasteiger partial charge in [-0.2, -0.15) is 0 Å². The number of rotatable bonds is 10. The summed E-state index contributed by atoms with van der Waals surface area (Å²) < 4.78 is 0. The lowest BCUT2D eigenvalue weighted by molar-refractivity contribution is -0.124. The van der Waals surface area contributed by atoms with Gasteiger partial charge in [-0.3, -0.25) is 9.69 Å². The Balaban J connectivity index is 4.78. The van der Waals surface area contributed by atoms with Gasteiger partial charge in [0.1, 0.15) is 0 Å². The van der Waals surface area contributed by atoms with Crippen LogP contribution in [0.3, 0.4) is 0 Å². The smallest absolute Gasteiger partial charge is 0.237 e. The van der Waals surface area contributed by atoms with Crippen molar-refractivity contribution in [3.63, 3.8) is 0 Å². The SMILES string of the molecule is CCCCN(C(C)CC)C(C)CC(C)(NC)C(N)=O. The van der Waals surface area contributed by atoms with Gasteiger partial charge in [-0.15, -0.1) is 0 Å². The van der Waals surface area contributed by atoms with E-state index in [1.807, 2.05) is 6.92 Å². The van der Waals surface area contributed by atoms with Crippen LogP contribution in [0.2, 0.25) is 0 Å². The third-order valence-corrected chi connectivity index (χ3v) is 4.29. The first-order valence-electron chi connectivity index (χ1n) is 7.56. The van der Waals surface area contributed by atoms with Crippen LogP contribution in [0.25, 0.3) is 0 Å². The molecule has 3 atom stereocenters. The average Bonchev–Trinajstić information content (AvgIpc) is 2.38. The first-order chi connectivity index (χ1) is 8.82. The molecule has 4 heteroatoms. The molecule has 0 fully saturated rings. The maximum absolute atomic E-state index is 11.6. The second kappa shape index (κ2) is 8.54. The van der Waals surface area contributed by atoms with Crippen molar-refractivity contribution in [2.75, 3.05) is 13.6 Å². The zero-order valence-electron chi connectivity index (χ0n) is 13.6. The zero-order valence-corrected chi connectivity index (χ0v) is 13.6. The molecular formula is C15H33N3O. The number of hydrogen-bond acceptors (Lipinski definition) is 3. The Morgan fingerprint density at radius 3 is 2.26 bits per heavy atom. The Kier molecular flexibility index (Phi) is 8.26. The molecule has 19 heavy (non-hydrogen) atoms. The van der Waals surface area contributed by atoms with Gasteiger partial charge in [-0.1, -0.05) is 20.3 Å². The van der Waals surface area contributed by atoms with Crippen molar-refractivity contribution < 1.29 is 4.79 Å². The fraction of sp³-hybridized carbons (Fsp3) is 0.933. The monoisotopic (exact) mass is 271 g/mol. The van der Waals surface area contributed by atoms with Gasteiger partial charge in [-0.25, -0.2) is 0 Å². The third kappa shape index (κ3) is 5.49. The summed E-state index contributed by atoms with van der Waals surface area (Å²) in [6.45, 7) is 11.8. The van der Waals surface area contributed by atoms with Gasteiger partial charge < -0.3 is 11.1 Å². The van der Waals surface area contributed by atoms with Crippen molar-refractivity contribution in [2.45, 2.75) is 77.9 Å². The van der Waals surface area contributed by atoms with Crippen LogP contribution >= 0.6 is 0 Å². The largest absolute Gasteiger partial charge is 0.368 e. The van der Waals surface area contributed by atoms with Gasteiger partial charge in [0.2, 0.25) is 5.91 Å². The average molecular weight is 271 g/mol. The van der Waals surface area contributed by atoms with Gasteiger partial charge in [0.15, 0.2) is 0 Å². The molecule has 0 radical (unpaired) electrons. The number of nitrogens with two attached hydrogens (primary N) is 1. The van der Waals surface area contributed by atoms with Gasteiger partial charge >= 0.3 is 0 Å². The van der Waals surface area contributed by atoms with E-state index in [4.69, 9.17) is 5.73 Å². The molecule has 0 aromatic rings. The number of primary amides is 1. The summed E-state index contributed by atoms with van der Waals surface area (Å²) in [6.07, 6.45) is 4.26. The van der Waals surface area contributed by atoms with Crippen LogP contribution < -0.4 is 11.1 Å². The standard InChI is InChI=1S/C15H33N3O/c1-7-9-10-18(12(3)8-2)13(4)11-15(5,17-6)14(16)19/h12-13,17H,7-11H2,1-6H3,(H2,16,19). The lowest BCUT2D eigenvalue weighted by atomic mass is 9.91. The number of amides is 1. The fourth-order valence-electron chi connectivity index (χ4n) is 2.48. The minimum absolute atomic E-state index is 0.276. The highest BCUT2D eigenvalue weighted by atomic mass is 16.1. The Bertz CT molecular complexity index is 270. The van der Waals surface area contributed by atoms with Gasteiger partial charge in [0, 0.05) is 12.1 Å². The Morgan fingerprint density at radius 2 is 1.89 bits per heavy atom. The predicted molar refractivity (Wildman–Crippen MR) is 82.1 cm³/mol. The fourth-order valence-corrected chi connectivity index (χ4v) is 2.48. The van der Waals surface area contributed by atoms with Crippen LogP contribution in [-0.4, -0.2) is 42.0 Å². The Morgan fingerprint density at radius 1 is 1.32 bits per heavy atom. The second-order valence-corrected chi connectivity index (χ2v) is 5.85. The maximum atomic E-state index is 11.6.